The highest BCUT2D eigenvalue weighted by atomic mass is 35.5. The fourth-order valence-corrected chi connectivity index (χ4v) is 3.02. The van der Waals surface area contributed by atoms with Crippen LogP contribution in [0.3, 0.4) is 0 Å². The lowest BCUT2D eigenvalue weighted by atomic mass is 10.0. The van der Waals surface area contributed by atoms with E-state index in [0.717, 1.165) is 5.56 Å². The lowest BCUT2D eigenvalue weighted by Gasteiger charge is -2.28. The van der Waals surface area contributed by atoms with Crippen molar-refractivity contribution in [3.05, 3.63) is 40.0 Å². The van der Waals surface area contributed by atoms with Gasteiger partial charge in [-0.1, -0.05) is 34.4 Å². The van der Waals surface area contributed by atoms with Crippen molar-refractivity contribution in [2.75, 3.05) is 11.5 Å². The van der Waals surface area contributed by atoms with Gasteiger partial charge < -0.3 is 4.55 Å². The number of rotatable bonds is 2. The summed E-state index contributed by atoms with van der Waals surface area (Å²) in [5.74, 6) is 1.05. The minimum atomic E-state index is -0.682. The second kappa shape index (κ2) is 4.50. The van der Waals surface area contributed by atoms with Gasteiger partial charge in [0.2, 0.25) is 0 Å². The Morgan fingerprint density at radius 1 is 1.33 bits per heavy atom. The van der Waals surface area contributed by atoms with Crippen LogP contribution in [0, 0.1) is 18.2 Å². The average Bonchev–Trinajstić information content (AvgIpc) is 2.11. The summed E-state index contributed by atoms with van der Waals surface area (Å²) in [5, 5.41) is 0.0448. The number of halogens is 3. The molecule has 0 saturated carbocycles. The van der Waals surface area contributed by atoms with E-state index in [1.165, 1.54) is 12.1 Å². The van der Waals surface area contributed by atoms with Gasteiger partial charge in [0, 0.05) is 6.42 Å². The molecule has 5 heteroatoms. The van der Waals surface area contributed by atoms with Crippen LogP contribution in [0.25, 0.3) is 0 Å². The molecule has 1 aliphatic rings. The van der Waals surface area contributed by atoms with E-state index in [1.54, 1.807) is 0 Å². The molecule has 1 nitrogen and oxygen atoms in total. The number of hydrogen-bond acceptors (Lipinski definition) is 1. The standard InChI is InChI=1S/C10H8Cl2FOS/c11-8-2-6(3-9(12)10(8)13)1-7-4-15(14)5-7/h1-3,7H,4-5H2. The monoisotopic (exact) mass is 265 g/mol. The van der Waals surface area contributed by atoms with Crippen LogP contribution < -0.4 is 0 Å². The molecule has 0 aromatic heterocycles. The topological polar surface area (TPSA) is 23.1 Å². The van der Waals surface area contributed by atoms with E-state index >= 15 is 0 Å². The molecule has 0 amide bonds. The normalized spacial score (nSPS) is 25.1. The van der Waals surface area contributed by atoms with Crippen molar-refractivity contribution >= 4 is 34.4 Å². The van der Waals surface area contributed by atoms with Crippen molar-refractivity contribution in [1.29, 1.82) is 0 Å². The molecule has 1 radical (unpaired) electrons. The third kappa shape index (κ3) is 2.59. The Morgan fingerprint density at radius 2 is 1.87 bits per heavy atom. The van der Waals surface area contributed by atoms with E-state index in [4.69, 9.17) is 23.2 Å². The molecule has 0 atom stereocenters. The van der Waals surface area contributed by atoms with Gasteiger partial charge in [-0.25, -0.2) is 4.39 Å². The SMILES string of the molecule is [O-][S+]1CC([CH]c2cc(Cl)c(F)c(Cl)c2)C1. The largest absolute Gasteiger partial charge is 0.616 e. The summed E-state index contributed by atoms with van der Waals surface area (Å²) < 4.78 is 23.9. The average molecular weight is 266 g/mol. The van der Waals surface area contributed by atoms with Crippen molar-refractivity contribution < 1.29 is 8.94 Å². The summed E-state index contributed by atoms with van der Waals surface area (Å²) >= 11 is 10.6. The predicted molar refractivity (Wildman–Crippen MR) is 61.2 cm³/mol. The minimum Gasteiger partial charge on any atom is -0.616 e. The van der Waals surface area contributed by atoms with Crippen LogP contribution in [0.1, 0.15) is 5.56 Å². The smallest absolute Gasteiger partial charge is 0.160 e. The molecule has 1 aromatic carbocycles. The summed E-state index contributed by atoms with van der Waals surface area (Å²) in [4.78, 5) is 0. The highest BCUT2D eigenvalue weighted by Crippen LogP contribution is 2.29. The van der Waals surface area contributed by atoms with Crippen molar-refractivity contribution in [3.8, 4) is 0 Å². The minimum absolute atomic E-state index is 0.0224. The van der Waals surface area contributed by atoms with Crippen LogP contribution in [0.5, 0.6) is 0 Å². The van der Waals surface area contributed by atoms with E-state index in [0.29, 0.717) is 17.4 Å². The Balaban J connectivity index is 2.09. The van der Waals surface area contributed by atoms with Gasteiger partial charge in [-0.05, 0) is 17.7 Å². The molecular weight excluding hydrogens is 258 g/mol. The molecule has 0 spiro atoms. The van der Waals surface area contributed by atoms with Crippen LogP contribution in [-0.4, -0.2) is 16.1 Å². The third-order valence-electron chi connectivity index (χ3n) is 2.23. The first kappa shape index (κ1) is 11.5. The summed E-state index contributed by atoms with van der Waals surface area (Å²) in [7, 11) is 0. The number of benzene rings is 1. The van der Waals surface area contributed by atoms with Gasteiger partial charge in [0.05, 0.1) is 16.0 Å². The molecule has 0 unspecified atom stereocenters. The second-order valence-corrected chi connectivity index (χ2v) is 5.86. The Bertz CT molecular complexity index is 357. The highest BCUT2D eigenvalue weighted by Gasteiger charge is 2.32. The summed E-state index contributed by atoms with van der Waals surface area (Å²) in [6.07, 6.45) is 1.93. The van der Waals surface area contributed by atoms with Gasteiger partial charge >= 0.3 is 0 Å². The zero-order chi connectivity index (χ0) is 11.0. The molecule has 0 aliphatic carbocycles. The van der Waals surface area contributed by atoms with Crippen molar-refractivity contribution in [2.45, 2.75) is 0 Å². The molecule has 1 saturated heterocycles. The highest BCUT2D eigenvalue weighted by molar-refractivity contribution is 7.92. The predicted octanol–water partition coefficient (Wildman–Crippen LogP) is 3.06. The zero-order valence-corrected chi connectivity index (χ0v) is 10.0. The van der Waals surface area contributed by atoms with E-state index < -0.39 is 17.0 Å². The Labute approximate surface area is 101 Å². The molecule has 15 heavy (non-hydrogen) atoms. The van der Waals surface area contributed by atoms with Gasteiger partial charge in [-0.15, -0.1) is 0 Å². The molecule has 1 fully saturated rings. The Hall–Kier alpha value is 0.0400. The third-order valence-corrected chi connectivity index (χ3v) is 4.38. The summed E-state index contributed by atoms with van der Waals surface area (Å²) in [5.41, 5.74) is 0.785. The fourth-order valence-electron chi connectivity index (χ4n) is 1.47. The maximum Gasteiger partial charge on any atom is 0.160 e. The summed E-state index contributed by atoms with van der Waals surface area (Å²) in [6.45, 7) is 0. The maximum atomic E-state index is 13.1. The first-order chi connectivity index (χ1) is 7.06. The molecule has 2 rings (SSSR count). The van der Waals surface area contributed by atoms with Crippen LogP contribution in [0.4, 0.5) is 4.39 Å². The molecule has 81 valence electrons. The van der Waals surface area contributed by atoms with E-state index in [-0.39, 0.29) is 10.0 Å². The van der Waals surface area contributed by atoms with Crippen LogP contribution in [-0.2, 0) is 11.2 Å². The Kier molecular flexibility index (Phi) is 3.45. The van der Waals surface area contributed by atoms with E-state index in [2.05, 4.69) is 0 Å². The summed E-state index contributed by atoms with van der Waals surface area (Å²) in [6, 6.07) is 3.06. The van der Waals surface area contributed by atoms with Crippen molar-refractivity contribution in [1.82, 2.24) is 0 Å². The molecule has 1 heterocycles. The molecule has 1 aromatic rings. The Morgan fingerprint density at radius 3 is 2.33 bits per heavy atom. The van der Waals surface area contributed by atoms with Crippen LogP contribution >= 0.6 is 23.2 Å². The van der Waals surface area contributed by atoms with Gasteiger partial charge in [-0.2, -0.15) is 0 Å². The molecular formula is C10H8Cl2FOS. The van der Waals surface area contributed by atoms with Gasteiger partial charge in [-0.3, -0.25) is 0 Å². The quantitative estimate of drug-likeness (QED) is 0.596. The second-order valence-electron chi connectivity index (χ2n) is 3.50. The van der Waals surface area contributed by atoms with Crippen LogP contribution in [0.15, 0.2) is 12.1 Å². The number of hydrogen-bond donors (Lipinski definition) is 0. The van der Waals surface area contributed by atoms with E-state index in [9.17, 15) is 8.94 Å². The lowest BCUT2D eigenvalue weighted by Crippen LogP contribution is -2.36. The van der Waals surface area contributed by atoms with Crippen molar-refractivity contribution in [3.63, 3.8) is 0 Å². The van der Waals surface area contributed by atoms with Crippen LogP contribution in [0.2, 0.25) is 10.0 Å². The zero-order valence-electron chi connectivity index (χ0n) is 7.67. The first-order valence-corrected chi connectivity index (χ1v) is 6.65. The fraction of sp³-hybridized carbons (Fsp3) is 0.300. The molecule has 1 aliphatic heterocycles. The van der Waals surface area contributed by atoms with Gasteiger partial charge in [0.15, 0.2) is 5.82 Å². The lowest BCUT2D eigenvalue weighted by molar-refractivity contribution is 0.550. The van der Waals surface area contributed by atoms with Gasteiger partial charge in [0.25, 0.3) is 0 Å². The first-order valence-electron chi connectivity index (χ1n) is 4.40. The van der Waals surface area contributed by atoms with Crippen molar-refractivity contribution in [2.24, 2.45) is 5.92 Å². The molecule has 0 bridgehead atoms. The van der Waals surface area contributed by atoms with Gasteiger partial charge in [0.1, 0.15) is 11.5 Å². The van der Waals surface area contributed by atoms with E-state index in [1.807, 2.05) is 6.42 Å². The maximum absolute atomic E-state index is 13.1. The molecule has 0 N–H and O–H groups in total.